The summed E-state index contributed by atoms with van der Waals surface area (Å²) in [5.74, 6) is -0.146. The molecule has 0 bridgehead atoms. The number of likely N-dealkylation sites (tertiary alicyclic amines) is 1. The van der Waals surface area contributed by atoms with Crippen LogP contribution >= 0.6 is 11.8 Å². The van der Waals surface area contributed by atoms with E-state index in [1.54, 1.807) is 22.8 Å². The molecule has 0 spiro atoms. The van der Waals surface area contributed by atoms with Crippen molar-refractivity contribution in [3.8, 4) is 0 Å². The maximum absolute atomic E-state index is 13.4. The number of halogens is 3. The Kier molecular flexibility index (Phi) is 9.03. The molecule has 1 fully saturated rings. The van der Waals surface area contributed by atoms with Gasteiger partial charge in [-0.15, -0.1) is 0 Å². The van der Waals surface area contributed by atoms with Crippen molar-refractivity contribution in [1.82, 2.24) is 14.9 Å². The Bertz CT molecular complexity index is 1030. The van der Waals surface area contributed by atoms with Crippen molar-refractivity contribution in [2.45, 2.75) is 50.7 Å². The third kappa shape index (κ3) is 6.89. The number of esters is 1. The van der Waals surface area contributed by atoms with E-state index >= 15 is 0 Å². The molecule has 192 valence electrons. The van der Waals surface area contributed by atoms with Gasteiger partial charge in [-0.2, -0.15) is 13.2 Å². The van der Waals surface area contributed by atoms with Crippen molar-refractivity contribution < 1.29 is 31.9 Å². The van der Waals surface area contributed by atoms with Gasteiger partial charge in [-0.25, -0.2) is 9.97 Å². The van der Waals surface area contributed by atoms with Gasteiger partial charge in [-0.3, -0.25) is 9.59 Å². The summed E-state index contributed by atoms with van der Waals surface area (Å²) in [5, 5.41) is -0.0284. The van der Waals surface area contributed by atoms with Gasteiger partial charge < -0.3 is 19.0 Å². The molecular formula is C23H29F3N4O4S. The third-order valence-electron chi connectivity index (χ3n) is 5.61. The van der Waals surface area contributed by atoms with Gasteiger partial charge in [0.15, 0.2) is 16.6 Å². The fourth-order valence-electron chi connectivity index (χ4n) is 3.81. The summed E-state index contributed by atoms with van der Waals surface area (Å²) in [7, 11) is 0. The Morgan fingerprint density at radius 3 is 2.63 bits per heavy atom. The number of carbonyl (C=O) groups is 2. The van der Waals surface area contributed by atoms with Gasteiger partial charge in [-0.05, 0) is 45.7 Å². The van der Waals surface area contributed by atoms with Crippen molar-refractivity contribution in [2.75, 3.05) is 37.7 Å². The fourth-order valence-corrected chi connectivity index (χ4v) is 4.56. The van der Waals surface area contributed by atoms with Crippen LogP contribution in [0.1, 0.15) is 55.6 Å². The Balaban J connectivity index is 1.69. The zero-order valence-electron chi connectivity index (χ0n) is 19.9. The number of piperidine rings is 1. The molecule has 1 saturated heterocycles. The lowest BCUT2D eigenvalue weighted by Gasteiger charge is -2.30. The Morgan fingerprint density at radius 2 is 1.97 bits per heavy atom. The second-order valence-corrected chi connectivity index (χ2v) is 8.90. The number of anilines is 1. The zero-order valence-corrected chi connectivity index (χ0v) is 20.7. The van der Waals surface area contributed by atoms with E-state index in [9.17, 15) is 22.8 Å². The number of hydrogen-bond acceptors (Lipinski definition) is 8. The number of aromatic nitrogens is 2. The first kappa shape index (κ1) is 26.8. The molecule has 2 aromatic rings. The number of hydrogen-bond donors (Lipinski definition) is 0. The van der Waals surface area contributed by atoms with Crippen molar-refractivity contribution in [2.24, 2.45) is 5.92 Å². The molecule has 0 N–H and O–H groups in total. The molecule has 12 heteroatoms. The van der Waals surface area contributed by atoms with Crippen molar-refractivity contribution >= 4 is 29.5 Å². The highest BCUT2D eigenvalue weighted by atomic mass is 32.2. The average molecular weight is 515 g/mol. The van der Waals surface area contributed by atoms with E-state index < -0.39 is 11.9 Å². The molecule has 35 heavy (non-hydrogen) atoms. The van der Waals surface area contributed by atoms with E-state index in [1.165, 1.54) is 6.07 Å². The maximum atomic E-state index is 13.4. The number of furan rings is 1. The number of amides is 1. The monoisotopic (exact) mass is 514 g/mol. The molecule has 2 aromatic heterocycles. The minimum absolute atomic E-state index is 0.0284. The van der Waals surface area contributed by atoms with Crippen LogP contribution in [0.5, 0.6) is 0 Å². The maximum Gasteiger partial charge on any atom is 0.433 e. The Morgan fingerprint density at radius 1 is 1.23 bits per heavy atom. The van der Waals surface area contributed by atoms with E-state index in [2.05, 4.69) is 9.97 Å². The first-order chi connectivity index (χ1) is 16.7. The summed E-state index contributed by atoms with van der Waals surface area (Å²) in [6, 6.07) is 4.08. The summed E-state index contributed by atoms with van der Waals surface area (Å²) in [4.78, 5) is 36.1. The summed E-state index contributed by atoms with van der Waals surface area (Å²) in [6.07, 6.45) is -3.25. The van der Waals surface area contributed by atoms with Crippen LogP contribution in [0.2, 0.25) is 0 Å². The highest BCUT2D eigenvalue weighted by Gasteiger charge is 2.34. The van der Waals surface area contributed by atoms with E-state index in [0.29, 0.717) is 38.2 Å². The van der Waals surface area contributed by atoms with Crippen LogP contribution in [0.4, 0.5) is 19.0 Å². The van der Waals surface area contributed by atoms with E-state index in [-0.39, 0.29) is 53.4 Å². The molecule has 0 saturated carbocycles. The number of rotatable bonds is 9. The lowest BCUT2D eigenvalue weighted by Crippen LogP contribution is -2.42. The minimum Gasteiger partial charge on any atom is -0.466 e. The normalized spacial score (nSPS) is 16.3. The van der Waals surface area contributed by atoms with Crippen LogP contribution in [0.15, 0.2) is 27.8 Å². The van der Waals surface area contributed by atoms with Gasteiger partial charge >= 0.3 is 12.1 Å². The van der Waals surface area contributed by atoms with Crippen LogP contribution in [0.3, 0.4) is 0 Å². The second-order valence-electron chi connectivity index (χ2n) is 7.96. The van der Waals surface area contributed by atoms with Gasteiger partial charge in [-0.1, -0.05) is 11.8 Å². The number of ether oxygens (including phenoxy) is 1. The highest BCUT2D eigenvalue weighted by molar-refractivity contribution is 7.98. The van der Waals surface area contributed by atoms with Crippen LogP contribution in [0.25, 0.3) is 0 Å². The van der Waals surface area contributed by atoms with Crippen molar-refractivity contribution in [1.29, 1.82) is 0 Å². The summed E-state index contributed by atoms with van der Waals surface area (Å²) in [5.41, 5.74) is -1.01. The van der Waals surface area contributed by atoms with Crippen LogP contribution in [-0.2, 0) is 21.5 Å². The molecule has 0 aromatic carbocycles. The second kappa shape index (κ2) is 11.8. The molecule has 0 aliphatic carbocycles. The predicted molar refractivity (Wildman–Crippen MR) is 124 cm³/mol. The SMILES string of the molecule is CCOC(=O)[C@@H]1CCCN(C(=O)c2ccc(CSc3nc(N(CC)CC)cc(C(F)(F)F)n3)o2)C1. The molecule has 1 amide bonds. The number of alkyl halides is 3. The molecule has 1 atom stereocenters. The molecule has 1 aliphatic rings. The molecule has 1 aliphatic heterocycles. The first-order valence-corrected chi connectivity index (χ1v) is 12.5. The van der Waals surface area contributed by atoms with Gasteiger partial charge in [0.25, 0.3) is 5.91 Å². The van der Waals surface area contributed by atoms with Gasteiger partial charge in [0.1, 0.15) is 11.6 Å². The smallest absolute Gasteiger partial charge is 0.433 e. The predicted octanol–water partition coefficient (Wildman–Crippen LogP) is 4.64. The first-order valence-electron chi connectivity index (χ1n) is 11.5. The van der Waals surface area contributed by atoms with Crippen LogP contribution in [0, 0.1) is 5.92 Å². The largest absolute Gasteiger partial charge is 0.466 e. The quantitative estimate of drug-likeness (QED) is 0.272. The minimum atomic E-state index is -4.60. The van der Waals surface area contributed by atoms with Crippen molar-refractivity contribution in [3.05, 3.63) is 35.4 Å². The fraction of sp³-hybridized carbons (Fsp3) is 0.565. The molecule has 0 radical (unpaired) electrons. The summed E-state index contributed by atoms with van der Waals surface area (Å²) < 4.78 is 50.8. The number of carbonyl (C=O) groups excluding carboxylic acids is 2. The van der Waals surface area contributed by atoms with E-state index in [1.807, 2.05) is 13.8 Å². The molecular weight excluding hydrogens is 485 g/mol. The summed E-state index contributed by atoms with van der Waals surface area (Å²) >= 11 is 0.998. The van der Waals surface area contributed by atoms with Gasteiger partial charge in [0.2, 0.25) is 0 Å². The van der Waals surface area contributed by atoms with Crippen LogP contribution < -0.4 is 4.90 Å². The Hall–Kier alpha value is -2.76. The number of thioether (sulfide) groups is 1. The number of nitrogens with zero attached hydrogens (tertiary/aromatic N) is 4. The topological polar surface area (TPSA) is 88.8 Å². The molecule has 0 unspecified atom stereocenters. The standard InChI is InChI=1S/C23H29F3N4O4S/c1-4-29(5-2)19-12-18(23(24,25)26)27-22(28-19)35-14-16-9-10-17(34-16)20(31)30-11-7-8-15(13-30)21(32)33-6-3/h9-10,12,15H,4-8,11,13-14H2,1-3H3/t15-/m1/s1. The lowest BCUT2D eigenvalue weighted by molar-refractivity contribution is -0.149. The Labute approximate surface area is 206 Å². The van der Waals surface area contributed by atoms with Gasteiger partial charge in [0, 0.05) is 32.2 Å². The lowest BCUT2D eigenvalue weighted by atomic mass is 9.98. The average Bonchev–Trinajstić information content (AvgIpc) is 3.32. The van der Waals surface area contributed by atoms with Crippen molar-refractivity contribution in [3.63, 3.8) is 0 Å². The highest BCUT2D eigenvalue weighted by Crippen LogP contribution is 2.32. The molecule has 3 heterocycles. The zero-order chi connectivity index (χ0) is 25.6. The third-order valence-corrected chi connectivity index (χ3v) is 6.48. The molecule has 3 rings (SSSR count). The van der Waals surface area contributed by atoms with Gasteiger partial charge in [0.05, 0.1) is 18.3 Å². The van der Waals surface area contributed by atoms with E-state index in [4.69, 9.17) is 9.15 Å². The summed E-state index contributed by atoms with van der Waals surface area (Å²) in [6.45, 7) is 7.47. The van der Waals surface area contributed by atoms with Crippen LogP contribution in [-0.4, -0.2) is 59.5 Å². The molecule has 8 nitrogen and oxygen atoms in total. The van der Waals surface area contributed by atoms with E-state index in [0.717, 1.165) is 17.8 Å².